The van der Waals surface area contributed by atoms with Gasteiger partial charge in [-0.05, 0) is 28.8 Å². The third-order valence-corrected chi connectivity index (χ3v) is 2.89. The highest BCUT2D eigenvalue weighted by Gasteiger charge is 2.13. The summed E-state index contributed by atoms with van der Waals surface area (Å²) in [6.45, 7) is 3.05. The van der Waals surface area contributed by atoms with Crippen LogP contribution in [0.1, 0.15) is 12.0 Å². The first kappa shape index (κ1) is 8.23. The molecular weight excluding hydrogens is 168 g/mol. The van der Waals surface area contributed by atoms with E-state index in [0.717, 1.165) is 19.6 Å². The number of nitrogens with zero attached hydrogens (tertiary/aromatic N) is 1. The molecule has 1 aliphatic rings. The lowest BCUT2D eigenvalue weighted by Gasteiger charge is -2.08. The lowest BCUT2D eigenvalue weighted by Crippen LogP contribution is -2.29. The zero-order chi connectivity index (χ0) is 8.23. The Morgan fingerprint density at radius 2 is 2.67 bits per heavy atom. The van der Waals surface area contributed by atoms with Gasteiger partial charge in [-0.3, -0.25) is 0 Å². The van der Waals surface area contributed by atoms with E-state index in [-0.39, 0.29) is 0 Å². The largest absolute Gasteiger partial charge is 0.309 e. The standard InChI is InChI=1S/C9H13N2S/c1-3-10-6-9(1)11-5-8-2-4-12-7-8/h2,4,7,9,11H,1,3,5-6H2. The van der Waals surface area contributed by atoms with E-state index in [1.54, 1.807) is 11.3 Å². The Bertz CT molecular complexity index is 214. The monoisotopic (exact) mass is 181 g/mol. The fraction of sp³-hybridized carbons (Fsp3) is 0.556. The molecular formula is C9H13N2S. The molecule has 1 radical (unpaired) electrons. The van der Waals surface area contributed by atoms with Crippen LogP contribution in [0.25, 0.3) is 0 Å². The molecule has 1 aliphatic heterocycles. The summed E-state index contributed by atoms with van der Waals surface area (Å²) in [4.78, 5) is 0. The number of nitrogens with one attached hydrogen (secondary N) is 1. The zero-order valence-electron chi connectivity index (χ0n) is 6.99. The van der Waals surface area contributed by atoms with Crippen molar-refractivity contribution in [3.05, 3.63) is 22.4 Å². The lowest BCUT2D eigenvalue weighted by molar-refractivity contribution is 0.547. The first-order valence-corrected chi connectivity index (χ1v) is 5.27. The summed E-state index contributed by atoms with van der Waals surface area (Å²) in [6, 6.07) is 2.80. The number of rotatable bonds is 3. The quantitative estimate of drug-likeness (QED) is 0.745. The van der Waals surface area contributed by atoms with E-state index in [9.17, 15) is 0 Å². The van der Waals surface area contributed by atoms with Gasteiger partial charge in [0.15, 0.2) is 0 Å². The summed E-state index contributed by atoms with van der Waals surface area (Å²) in [6.07, 6.45) is 1.21. The molecule has 1 aromatic rings. The van der Waals surface area contributed by atoms with Crippen molar-refractivity contribution in [2.75, 3.05) is 13.1 Å². The van der Waals surface area contributed by atoms with E-state index in [0.29, 0.717) is 6.04 Å². The van der Waals surface area contributed by atoms with Gasteiger partial charge in [0.1, 0.15) is 0 Å². The van der Waals surface area contributed by atoms with Crippen LogP contribution < -0.4 is 10.6 Å². The molecule has 1 atom stereocenters. The first-order valence-electron chi connectivity index (χ1n) is 4.33. The lowest BCUT2D eigenvalue weighted by atomic mass is 10.2. The van der Waals surface area contributed by atoms with Crippen molar-refractivity contribution in [1.29, 1.82) is 0 Å². The summed E-state index contributed by atoms with van der Waals surface area (Å²) in [7, 11) is 0. The molecule has 1 unspecified atom stereocenters. The number of thiophene rings is 1. The number of hydrogen-bond acceptors (Lipinski definition) is 2. The molecule has 0 aliphatic carbocycles. The molecule has 1 aromatic heterocycles. The third kappa shape index (κ3) is 2.06. The SMILES string of the molecule is c1cc(CNC2CC[N]C2)cs1. The highest BCUT2D eigenvalue weighted by molar-refractivity contribution is 7.07. The van der Waals surface area contributed by atoms with Crippen molar-refractivity contribution in [2.24, 2.45) is 0 Å². The molecule has 12 heavy (non-hydrogen) atoms. The summed E-state index contributed by atoms with van der Waals surface area (Å²) >= 11 is 1.76. The Morgan fingerprint density at radius 1 is 1.67 bits per heavy atom. The van der Waals surface area contributed by atoms with Gasteiger partial charge in [-0.25, -0.2) is 5.32 Å². The van der Waals surface area contributed by atoms with E-state index >= 15 is 0 Å². The zero-order valence-corrected chi connectivity index (χ0v) is 7.81. The summed E-state index contributed by atoms with van der Waals surface area (Å²) in [5.41, 5.74) is 1.40. The molecule has 2 rings (SSSR count). The van der Waals surface area contributed by atoms with Crippen LogP contribution in [0, 0.1) is 0 Å². The van der Waals surface area contributed by atoms with E-state index in [2.05, 4.69) is 27.5 Å². The van der Waals surface area contributed by atoms with Crippen LogP contribution in [0.3, 0.4) is 0 Å². The van der Waals surface area contributed by atoms with Crippen molar-refractivity contribution < 1.29 is 0 Å². The molecule has 65 valence electrons. The average molecular weight is 181 g/mol. The van der Waals surface area contributed by atoms with E-state index in [4.69, 9.17) is 0 Å². The maximum Gasteiger partial charge on any atom is 0.0288 e. The van der Waals surface area contributed by atoms with Crippen LogP contribution in [-0.2, 0) is 6.54 Å². The van der Waals surface area contributed by atoms with Gasteiger partial charge >= 0.3 is 0 Å². The van der Waals surface area contributed by atoms with Crippen molar-refractivity contribution in [2.45, 2.75) is 19.0 Å². The summed E-state index contributed by atoms with van der Waals surface area (Å²) < 4.78 is 0. The minimum atomic E-state index is 0.630. The molecule has 0 saturated carbocycles. The average Bonchev–Trinajstić information content (AvgIpc) is 2.74. The van der Waals surface area contributed by atoms with Crippen LogP contribution in [-0.4, -0.2) is 19.1 Å². The van der Waals surface area contributed by atoms with Crippen LogP contribution >= 0.6 is 11.3 Å². The van der Waals surface area contributed by atoms with Crippen LogP contribution in [0.2, 0.25) is 0 Å². The summed E-state index contributed by atoms with van der Waals surface area (Å²) in [5, 5.41) is 12.1. The molecule has 1 saturated heterocycles. The van der Waals surface area contributed by atoms with E-state index < -0.39 is 0 Å². The second kappa shape index (κ2) is 4.03. The van der Waals surface area contributed by atoms with E-state index in [1.165, 1.54) is 12.0 Å². The predicted octanol–water partition coefficient (Wildman–Crippen LogP) is 1.21. The molecule has 2 heterocycles. The minimum Gasteiger partial charge on any atom is -0.309 e. The Balaban J connectivity index is 1.74. The van der Waals surface area contributed by atoms with Gasteiger partial charge in [0.2, 0.25) is 0 Å². The highest BCUT2D eigenvalue weighted by atomic mass is 32.1. The smallest absolute Gasteiger partial charge is 0.0288 e. The Hall–Kier alpha value is -0.380. The molecule has 0 spiro atoms. The molecule has 0 aromatic carbocycles. The van der Waals surface area contributed by atoms with Crippen LogP contribution in [0.5, 0.6) is 0 Å². The molecule has 0 amide bonds. The second-order valence-corrected chi connectivity index (χ2v) is 3.91. The molecule has 0 bridgehead atoms. The Kier molecular flexibility index (Phi) is 2.76. The fourth-order valence-corrected chi connectivity index (χ4v) is 2.08. The van der Waals surface area contributed by atoms with Crippen molar-refractivity contribution >= 4 is 11.3 Å². The van der Waals surface area contributed by atoms with Gasteiger partial charge in [-0.15, -0.1) is 0 Å². The predicted molar refractivity (Wildman–Crippen MR) is 51.4 cm³/mol. The minimum absolute atomic E-state index is 0.630. The van der Waals surface area contributed by atoms with Crippen LogP contribution in [0.15, 0.2) is 16.8 Å². The highest BCUT2D eigenvalue weighted by Crippen LogP contribution is 2.06. The first-order chi connectivity index (χ1) is 5.95. The molecule has 1 N–H and O–H groups in total. The van der Waals surface area contributed by atoms with Crippen molar-refractivity contribution in [3.63, 3.8) is 0 Å². The van der Waals surface area contributed by atoms with Crippen molar-refractivity contribution in [1.82, 2.24) is 10.6 Å². The fourth-order valence-electron chi connectivity index (χ4n) is 1.41. The Morgan fingerprint density at radius 3 is 3.33 bits per heavy atom. The maximum absolute atomic E-state index is 4.30. The second-order valence-electron chi connectivity index (χ2n) is 3.13. The van der Waals surface area contributed by atoms with Crippen molar-refractivity contribution in [3.8, 4) is 0 Å². The topological polar surface area (TPSA) is 26.1 Å². The van der Waals surface area contributed by atoms with E-state index in [1.807, 2.05) is 0 Å². The molecule has 3 heteroatoms. The summed E-state index contributed by atoms with van der Waals surface area (Å²) in [5.74, 6) is 0. The third-order valence-electron chi connectivity index (χ3n) is 2.16. The molecule has 2 nitrogen and oxygen atoms in total. The Labute approximate surface area is 77.0 Å². The van der Waals surface area contributed by atoms with Crippen LogP contribution in [0.4, 0.5) is 0 Å². The van der Waals surface area contributed by atoms with Gasteiger partial charge in [0.25, 0.3) is 0 Å². The normalized spacial score (nSPS) is 23.2. The number of hydrogen-bond donors (Lipinski definition) is 1. The maximum atomic E-state index is 4.30. The van der Waals surface area contributed by atoms with Gasteiger partial charge in [-0.1, -0.05) is 0 Å². The van der Waals surface area contributed by atoms with Gasteiger partial charge in [-0.2, -0.15) is 11.3 Å². The van der Waals surface area contributed by atoms with Gasteiger partial charge < -0.3 is 5.32 Å². The molecule has 1 fully saturated rings. The van der Waals surface area contributed by atoms with Gasteiger partial charge in [0.05, 0.1) is 0 Å². The van der Waals surface area contributed by atoms with Gasteiger partial charge in [0, 0.05) is 25.7 Å².